The smallest absolute Gasteiger partial charge is 0.293 e. The minimum absolute atomic E-state index is 0.318. The predicted octanol–water partition coefficient (Wildman–Crippen LogP) is 2.20. The van der Waals surface area contributed by atoms with Crippen LogP contribution in [0.5, 0.6) is 0 Å². The molecule has 1 aliphatic rings. The van der Waals surface area contributed by atoms with E-state index in [4.69, 9.17) is 5.26 Å². The number of nitriles is 1. The van der Waals surface area contributed by atoms with Crippen LogP contribution in [-0.4, -0.2) is 25.2 Å². The first-order valence-electron chi connectivity index (χ1n) is 6.28. The molecule has 4 heteroatoms. The summed E-state index contributed by atoms with van der Waals surface area (Å²) in [5.41, 5.74) is 1.76. The van der Waals surface area contributed by atoms with Crippen molar-refractivity contribution in [2.45, 2.75) is 32.3 Å². The van der Waals surface area contributed by atoms with Gasteiger partial charge in [-0.3, -0.25) is 4.79 Å². The highest BCUT2D eigenvalue weighted by atomic mass is 16.5. The molecule has 4 nitrogen and oxygen atoms in total. The van der Waals surface area contributed by atoms with Gasteiger partial charge in [-0.1, -0.05) is 12.1 Å². The summed E-state index contributed by atoms with van der Waals surface area (Å²) in [6.07, 6.45) is 0. The first-order chi connectivity index (χ1) is 8.96. The molecule has 1 heterocycles. The maximum absolute atomic E-state index is 9.60. The van der Waals surface area contributed by atoms with Gasteiger partial charge in [-0.2, -0.15) is 5.26 Å². The van der Waals surface area contributed by atoms with Crippen LogP contribution in [0.2, 0.25) is 0 Å². The van der Waals surface area contributed by atoms with Crippen LogP contribution in [0.1, 0.15) is 37.8 Å². The fraction of sp³-hybridized carbons (Fsp3) is 0.467. The van der Waals surface area contributed by atoms with Crippen LogP contribution in [0.15, 0.2) is 24.3 Å². The lowest BCUT2D eigenvalue weighted by molar-refractivity contribution is -0.138. The second kappa shape index (κ2) is 6.91. The van der Waals surface area contributed by atoms with Crippen LogP contribution in [0.4, 0.5) is 0 Å². The highest BCUT2D eigenvalue weighted by Gasteiger charge is 2.17. The molecule has 1 aromatic carbocycles. The van der Waals surface area contributed by atoms with Crippen molar-refractivity contribution < 1.29 is 9.53 Å². The van der Waals surface area contributed by atoms with Gasteiger partial charge >= 0.3 is 0 Å². The predicted molar refractivity (Wildman–Crippen MR) is 73.7 cm³/mol. The van der Waals surface area contributed by atoms with Crippen molar-refractivity contribution in [2.24, 2.45) is 0 Å². The van der Waals surface area contributed by atoms with E-state index in [0.29, 0.717) is 12.4 Å². The summed E-state index contributed by atoms with van der Waals surface area (Å²) >= 11 is 0. The van der Waals surface area contributed by atoms with Gasteiger partial charge in [0.1, 0.15) is 5.60 Å². The molecule has 1 aliphatic heterocycles. The number of nitrogens with zero attached hydrogens (tertiary/aromatic N) is 1. The molecule has 0 atom stereocenters. The molecule has 0 saturated carbocycles. The minimum atomic E-state index is -0.318. The van der Waals surface area contributed by atoms with Crippen molar-refractivity contribution >= 4 is 6.47 Å². The molecule has 1 fully saturated rings. The average Bonchev–Trinajstić information content (AvgIpc) is 2.27. The molecule has 0 aliphatic carbocycles. The Bertz CT molecular complexity index is 437. The summed E-state index contributed by atoms with van der Waals surface area (Å²) in [7, 11) is 0. The summed E-state index contributed by atoms with van der Waals surface area (Å²) in [6.45, 7) is 8.07. The number of nitrogens with one attached hydrogen (secondary N) is 1. The van der Waals surface area contributed by atoms with Crippen molar-refractivity contribution in [3.8, 4) is 6.07 Å². The highest BCUT2D eigenvalue weighted by Crippen LogP contribution is 2.19. The second-order valence-corrected chi connectivity index (χ2v) is 5.42. The molecule has 0 bridgehead atoms. The molecule has 2 rings (SSSR count). The number of carbonyl (C=O) groups excluding carboxylic acids is 1. The highest BCUT2D eigenvalue weighted by molar-refractivity contribution is 5.37. The second-order valence-electron chi connectivity index (χ2n) is 5.42. The van der Waals surface area contributed by atoms with Crippen LogP contribution >= 0.6 is 0 Å². The van der Waals surface area contributed by atoms with Gasteiger partial charge in [0.2, 0.25) is 0 Å². The molecular weight excluding hydrogens is 240 g/mol. The Morgan fingerprint density at radius 2 is 1.89 bits per heavy atom. The molecule has 1 saturated heterocycles. The minimum Gasteiger partial charge on any atom is -0.462 e. The SMILES string of the molecule is CC(C)(C)OC=O.N#Cc1ccc(C2CNC2)cc1. The molecule has 0 spiro atoms. The van der Waals surface area contributed by atoms with Crippen LogP contribution < -0.4 is 5.32 Å². The molecule has 0 aromatic heterocycles. The van der Waals surface area contributed by atoms with Gasteiger partial charge in [-0.25, -0.2) is 0 Å². The quantitative estimate of drug-likeness (QED) is 0.828. The van der Waals surface area contributed by atoms with Gasteiger partial charge in [0, 0.05) is 19.0 Å². The Balaban J connectivity index is 0.000000224. The van der Waals surface area contributed by atoms with Crippen LogP contribution in [0, 0.1) is 11.3 Å². The third-order valence-corrected chi connectivity index (χ3v) is 2.69. The van der Waals surface area contributed by atoms with Gasteiger partial charge in [-0.15, -0.1) is 0 Å². The first kappa shape index (κ1) is 15.2. The molecule has 102 valence electrons. The van der Waals surface area contributed by atoms with Crippen molar-refractivity contribution in [1.29, 1.82) is 5.26 Å². The van der Waals surface area contributed by atoms with E-state index in [-0.39, 0.29) is 5.60 Å². The summed E-state index contributed by atoms with van der Waals surface area (Å²) in [4.78, 5) is 9.60. The molecule has 1 N–H and O–H groups in total. The fourth-order valence-corrected chi connectivity index (χ4v) is 1.50. The number of carbonyl (C=O) groups is 1. The number of hydrogen-bond donors (Lipinski definition) is 1. The van der Waals surface area contributed by atoms with E-state index in [2.05, 4.69) is 16.1 Å². The van der Waals surface area contributed by atoms with E-state index in [1.165, 1.54) is 5.56 Å². The number of ether oxygens (including phenoxy) is 1. The van der Waals surface area contributed by atoms with Gasteiger partial charge in [0.15, 0.2) is 0 Å². The fourth-order valence-electron chi connectivity index (χ4n) is 1.50. The van der Waals surface area contributed by atoms with Gasteiger partial charge in [-0.05, 0) is 38.5 Å². The molecular formula is C15H20N2O2. The Morgan fingerprint density at radius 3 is 2.16 bits per heavy atom. The standard InChI is InChI=1S/C10H10N2.C5H10O2/c11-5-8-1-3-9(4-2-8)10-6-12-7-10;1-5(2,3)7-4-6/h1-4,10,12H,6-7H2;4H,1-3H3. The van der Waals surface area contributed by atoms with Crippen LogP contribution in [-0.2, 0) is 9.53 Å². The molecule has 19 heavy (non-hydrogen) atoms. The zero-order valence-corrected chi connectivity index (χ0v) is 11.6. The summed E-state index contributed by atoms with van der Waals surface area (Å²) in [5.74, 6) is 0.665. The monoisotopic (exact) mass is 260 g/mol. The summed E-state index contributed by atoms with van der Waals surface area (Å²) < 4.78 is 4.55. The molecule has 0 radical (unpaired) electrons. The summed E-state index contributed by atoms with van der Waals surface area (Å²) in [6, 6.07) is 9.97. The lowest BCUT2D eigenvalue weighted by Crippen LogP contribution is -2.39. The van der Waals surface area contributed by atoms with Gasteiger partial charge in [0.05, 0.1) is 11.6 Å². The number of hydrogen-bond acceptors (Lipinski definition) is 4. The number of rotatable bonds is 2. The van der Waals surface area contributed by atoms with Crippen molar-refractivity contribution in [2.75, 3.05) is 13.1 Å². The number of benzene rings is 1. The van der Waals surface area contributed by atoms with Gasteiger partial charge in [0.25, 0.3) is 6.47 Å². The molecule has 0 amide bonds. The Kier molecular flexibility index (Phi) is 5.53. The third kappa shape index (κ3) is 5.54. The first-order valence-corrected chi connectivity index (χ1v) is 6.28. The summed E-state index contributed by atoms with van der Waals surface area (Å²) in [5, 5.41) is 11.8. The zero-order chi connectivity index (χ0) is 14.3. The van der Waals surface area contributed by atoms with Crippen molar-refractivity contribution in [3.05, 3.63) is 35.4 Å². The third-order valence-electron chi connectivity index (χ3n) is 2.69. The van der Waals surface area contributed by atoms with Crippen molar-refractivity contribution in [3.63, 3.8) is 0 Å². The Hall–Kier alpha value is -1.86. The molecule has 0 unspecified atom stereocenters. The lowest BCUT2D eigenvalue weighted by atomic mass is 9.93. The largest absolute Gasteiger partial charge is 0.462 e. The maximum atomic E-state index is 9.60. The topological polar surface area (TPSA) is 62.1 Å². The maximum Gasteiger partial charge on any atom is 0.293 e. The van der Waals surface area contributed by atoms with Crippen LogP contribution in [0.25, 0.3) is 0 Å². The van der Waals surface area contributed by atoms with E-state index in [1.54, 1.807) is 0 Å². The van der Waals surface area contributed by atoms with E-state index in [9.17, 15) is 4.79 Å². The zero-order valence-electron chi connectivity index (χ0n) is 11.6. The van der Waals surface area contributed by atoms with E-state index in [0.717, 1.165) is 18.7 Å². The van der Waals surface area contributed by atoms with E-state index < -0.39 is 0 Å². The lowest BCUT2D eigenvalue weighted by Gasteiger charge is -2.27. The average molecular weight is 260 g/mol. The van der Waals surface area contributed by atoms with E-state index in [1.807, 2.05) is 45.0 Å². The van der Waals surface area contributed by atoms with E-state index >= 15 is 0 Å². The van der Waals surface area contributed by atoms with Gasteiger partial charge < -0.3 is 10.1 Å². The Labute approximate surface area is 114 Å². The Morgan fingerprint density at radius 1 is 1.32 bits per heavy atom. The normalized spacial score (nSPS) is 14.4. The molecule has 1 aromatic rings. The van der Waals surface area contributed by atoms with Crippen LogP contribution in [0.3, 0.4) is 0 Å². The van der Waals surface area contributed by atoms with Crippen molar-refractivity contribution in [1.82, 2.24) is 5.32 Å².